The molecule has 147 heavy (non-hydrogen) atoms. The molecule has 42 heteroatoms. The molecule has 3 aromatic carbocycles. The van der Waals surface area contributed by atoms with E-state index in [4.69, 9.17) is 24.1 Å². The minimum atomic E-state index is -1.81. The van der Waals surface area contributed by atoms with E-state index in [1.54, 1.807) is 137 Å². The molecule has 6 rings (SSSR count). The van der Waals surface area contributed by atoms with Crippen molar-refractivity contribution in [3.63, 3.8) is 0 Å². The Balaban J connectivity index is 1.00. The normalized spacial score (nSPS) is 17.6. The van der Waals surface area contributed by atoms with Crippen molar-refractivity contribution in [2.24, 2.45) is 11.8 Å². The van der Waals surface area contributed by atoms with Gasteiger partial charge in [-0.15, -0.1) is 0 Å². The summed E-state index contributed by atoms with van der Waals surface area (Å²) in [4.78, 5) is 237. The number of carboxylic acid groups (broad SMARTS) is 3. The van der Waals surface area contributed by atoms with Gasteiger partial charge in [0.25, 0.3) is 0 Å². The van der Waals surface area contributed by atoms with Gasteiger partial charge in [0.2, 0.25) is 82.7 Å². The highest BCUT2D eigenvalue weighted by Gasteiger charge is 2.45. The van der Waals surface area contributed by atoms with Crippen LogP contribution in [0.25, 0.3) is 0 Å². The Labute approximate surface area is 870 Å². The lowest BCUT2D eigenvalue weighted by molar-refractivity contribution is -0.143. The first-order valence-corrected chi connectivity index (χ1v) is 54.5. The molecule has 1 aromatic heterocycles. The highest BCUT2D eigenvalue weighted by atomic mass is 33.1. The van der Waals surface area contributed by atoms with Crippen LogP contribution in [0, 0.1) is 11.8 Å². The monoisotopic (exact) mass is 2090 g/mol. The average Bonchev–Trinajstić information content (AvgIpc) is 1.76. The number of aliphatic hydroxyl groups excluding tert-OH is 1. The first-order valence-electron chi connectivity index (χ1n) is 52.0. The largest absolute Gasteiger partial charge is 0.481 e. The summed E-state index contributed by atoms with van der Waals surface area (Å²) in [6.45, 7) is 9.70. The second-order valence-corrected chi connectivity index (χ2v) is 40.4. The summed E-state index contributed by atoms with van der Waals surface area (Å²) < 4.78 is 22.0. The first-order chi connectivity index (χ1) is 70.8. The number of carboxylic acids is 3. The van der Waals surface area contributed by atoms with Crippen molar-refractivity contribution in [1.82, 2.24) is 79.0 Å². The zero-order valence-corrected chi connectivity index (χ0v) is 87.5. The quantitative estimate of drug-likeness (QED) is 0.0160. The van der Waals surface area contributed by atoms with Crippen LogP contribution in [0.5, 0.6) is 0 Å². The number of nitrogens with zero attached hydrogens (tertiary/aromatic N) is 1. The molecule has 0 bridgehead atoms. The maximum Gasteiger partial charge on any atom is 0.327 e. The SMILES string of the molecule is CC[C@H](C)[C@@H]1NC(=O)[C@@H](NC(=O)[C@@H]2CCCN2C(=O)[C@@H](NC(=O)[C@H](Cc2ccc[nH]2)NC(=O)[C@@H](NC(=O)[C@H](CCC(=O)O)NC(=O)CC(C)C)[C@@H](C)O)C(c2ccccc2)c2ccccc2)CSSC[C@@H](C(=O)O)NC(=O)C[C@H](Cc2ccccc2)NC(=O)[C@H](CCCCNC(=O)COCCOCCNC(=O)COCCOCCNC(=O)CCCCCNC(=O)CCCCCCCCCCCCCCCCC(=O)O)NC1=O. The maximum atomic E-state index is 16.1. The van der Waals surface area contributed by atoms with Crippen LogP contribution in [0.4, 0.5) is 0 Å². The van der Waals surface area contributed by atoms with Gasteiger partial charge in [-0.2, -0.15) is 0 Å². The van der Waals surface area contributed by atoms with Gasteiger partial charge in [0.15, 0.2) is 0 Å². The number of likely N-dealkylation sites (tertiary alicyclic amines) is 1. The number of carbonyl (C=O) groups excluding carboxylic acids is 14. The van der Waals surface area contributed by atoms with E-state index in [-0.39, 0.29) is 172 Å². The van der Waals surface area contributed by atoms with Crippen LogP contribution in [-0.4, -0.2) is 295 Å². The van der Waals surface area contributed by atoms with Gasteiger partial charge in [0.1, 0.15) is 67.6 Å². The zero-order valence-electron chi connectivity index (χ0n) is 85.8. The summed E-state index contributed by atoms with van der Waals surface area (Å²) in [6, 6.07) is 15.1. The van der Waals surface area contributed by atoms with Gasteiger partial charge in [-0.25, -0.2) is 4.79 Å². The summed E-state index contributed by atoms with van der Waals surface area (Å²) in [7, 11) is 1.94. The Hall–Kier alpha value is -11.6. The van der Waals surface area contributed by atoms with Crippen LogP contribution >= 0.6 is 21.6 Å². The zero-order chi connectivity index (χ0) is 107. The van der Waals surface area contributed by atoms with E-state index in [9.17, 15) is 72.9 Å². The van der Waals surface area contributed by atoms with Crippen LogP contribution in [0.1, 0.15) is 256 Å². The molecule has 14 amide bonds. The van der Waals surface area contributed by atoms with Crippen molar-refractivity contribution in [3.05, 3.63) is 132 Å². The lowest BCUT2D eigenvalue weighted by Crippen LogP contribution is -2.62. The summed E-state index contributed by atoms with van der Waals surface area (Å²) in [5, 5.41) is 75.8. The number of rotatable bonds is 70. The van der Waals surface area contributed by atoms with Gasteiger partial charge in [-0.1, -0.05) is 230 Å². The second-order valence-electron chi connectivity index (χ2n) is 37.8. The topological polar surface area (TPSA) is 583 Å². The molecule has 816 valence electrons. The molecular weight excluding hydrogens is 1940 g/mol. The van der Waals surface area contributed by atoms with Gasteiger partial charge in [0, 0.05) is 113 Å². The summed E-state index contributed by atoms with van der Waals surface area (Å²) >= 11 is 0. The molecule has 18 N–H and O–H groups in total. The Morgan fingerprint density at radius 3 is 1.54 bits per heavy atom. The van der Waals surface area contributed by atoms with Gasteiger partial charge in [-0.3, -0.25) is 76.7 Å². The third-order valence-corrected chi connectivity index (χ3v) is 27.5. The van der Waals surface area contributed by atoms with E-state index in [0.717, 1.165) is 78.5 Å². The number of amides is 14. The standard InChI is InChI=1S/C105H159N15O25S2/c1-6-72(4)94-102(137)114-79(44-32-34-52-108-89(126)67-144-61-60-143-58-55-110-90(127)68-145-62-59-142-57-54-109-86(123)47-30-22-33-51-107-85(122)46-29-17-15-13-11-9-7-8-10-12-14-16-18-31-48-91(128)129)97(132)111-78(64-74-37-23-19-24-38-74)66-88(125)113-83(105(140)141)70-147-146-69-82(100(135)117-94)116-101(136)84-45-36-56-120(84)104(139)96(93(75-39-25-20-26-40-75)76-41-27-21-28-42-76)119-99(134)81(65-77-43-35-53-106-77)115-103(138)95(73(5)121)118-98(133)80(49-50-92(130)131)112-87(124)63-71(2)3/h19-21,23-28,35,37-43,53,71-73,78-84,93-96,106,121H,6-18,22,29-34,36,44-52,54-70H2,1-5H3,(H,107,122)(H,108,126)(H,109,123)(H,110,127)(H,111,132)(H,112,124)(H,113,125)(H,114,137)(H,115,138)(H,116,136)(H,117,135)(H,118,133)(H,119,134)(H,128,129)(H,130,131)(H,140,141)/t72-,73+,78-,79-,80-,81-,82-,83-,84-,94-,95-,96-/m0/s1. The molecule has 0 unspecified atom stereocenters. The molecular formula is C105H159N15O25S2. The third kappa shape index (κ3) is 51.8. The van der Waals surface area contributed by atoms with E-state index in [1.807, 2.05) is 0 Å². The maximum absolute atomic E-state index is 16.1. The number of carbonyl (C=O) groups is 17. The predicted molar refractivity (Wildman–Crippen MR) is 555 cm³/mol. The number of benzene rings is 3. The molecule has 4 aromatic rings. The fourth-order valence-corrected chi connectivity index (χ4v) is 19.2. The number of hydrogen-bond donors (Lipinski definition) is 18. The van der Waals surface area contributed by atoms with Gasteiger partial charge in [0.05, 0.1) is 45.7 Å². The Bertz CT molecular complexity index is 4610. The van der Waals surface area contributed by atoms with Crippen molar-refractivity contribution >= 4 is 122 Å². The van der Waals surface area contributed by atoms with Crippen LogP contribution < -0.4 is 69.1 Å². The Morgan fingerprint density at radius 1 is 0.483 bits per heavy atom. The molecule has 2 fully saturated rings. The molecule has 2 aliphatic heterocycles. The van der Waals surface area contributed by atoms with Crippen LogP contribution in [0.15, 0.2) is 109 Å². The number of aliphatic hydroxyl groups is 1. The Morgan fingerprint density at radius 2 is 0.993 bits per heavy atom. The molecule has 40 nitrogen and oxygen atoms in total. The number of ether oxygens (including phenoxy) is 4. The van der Waals surface area contributed by atoms with Crippen molar-refractivity contribution < 1.29 is 121 Å². The van der Waals surface area contributed by atoms with Crippen LogP contribution in [-0.2, 0) is 113 Å². The number of nitrogens with one attached hydrogen (secondary N) is 14. The smallest absolute Gasteiger partial charge is 0.327 e. The van der Waals surface area contributed by atoms with Crippen molar-refractivity contribution in [3.8, 4) is 0 Å². The van der Waals surface area contributed by atoms with Gasteiger partial charge < -0.3 is 118 Å². The van der Waals surface area contributed by atoms with Gasteiger partial charge >= 0.3 is 17.9 Å². The minimum absolute atomic E-state index is 0.0204. The summed E-state index contributed by atoms with van der Waals surface area (Å²) in [5.74, 6) is -15.0. The number of aromatic nitrogens is 1. The molecule has 2 aliphatic rings. The third-order valence-electron chi connectivity index (χ3n) is 25.1. The number of aliphatic carboxylic acids is 3. The molecule has 0 spiro atoms. The molecule has 0 aliphatic carbocycles. The molecule has 2 saturated heterocycles. The fourth-order valence-electron chi connectivity index (χ4n) is 16.9. The minimum Gasteiger partial charge on any atom is -0.481 e. The predicted octanol–water partition coefficient (Wildman–Crippen LogP) is 6.78. The number of unbranched alkanes of at least 4 members (excludes halogenated alkanes) is 16. The second kappa shape index (κ2) is 72.7. The Kier molecular flexibility index (Phi) is 61.4. The van der Waals surface area contributed by atoms with E-state index in [0.29, 0.717) is 55.6 Å². The number of H-pyrrole nitrogens is 1. The van der Waals surface area contributed by atoms with Crippen LogP contribution in [0.3, 0.4) is 0 Å². The highest BCUT2D eigenvalue weighted by Crippen LogP contribution is 2.33. The van der Waals surface area contributed by atoms with Crippen molar-refractivity contribution in [1.29, 1.82) is 0 Å². The van der Waals surface area contributed by atoms with Gasteiger partial charge in [-0.05, 0) is 118 Å². The number of hydrogen-bond acceptors (Lipinski definition) is 24. The first kappa shape index (κ1) is 124. The lowest BCUT2D eigenvalue weighted by atomic mass is 9.84. The highest BCUT2D eigenvalue weighted by molar-refractivity contribution is 8.76. The van der Waals surface area contributed by atoms with Crippen molar-refractivity contribution in [2.45, 2.75) is 313 Å². The number of aromatic amines is 1. The summed E-state index contributed by atoms with van der Waals surface area (Å²) in [6.07, 6.45) is 18.7. The van der Waals surface area contributed by atoms with Crippen LogP contribution in [0.2, 0.25) is 0 Å². The molecule has 12 atom stereocenters. The van der Waals surface area contributed by atoms with E-state index in [1.165, 1.54) is 63.2 Å². The van der Waals surface area contributed by atoms with E-state index in [2.05, 4.69) is 74.1 Å². The molecule has 3 heterocycles. The van der Waals surface area contributed by atoms with E-state index < -0.39 is 174 Å². The lowest BCUT2D eigenvalue weighted by Gasteiger charge is -2.35. The fraction of sp³-hybridized carbons (Fsp3) is 0.629. The van der Waals surface area contributed by atoms with Crippen molar-refractivity contribution in [2.75, 3.05) is 97.1 Å². The average molecular weight is 2100 g/mol. The molecule has 0 radical (unpaired) electrons. The van der Waals surface area contributed by atoms with E-state index >= 15 is 24.0 Å². The summed E-state index contributed by atoms with van der Waals surface area (Å²) in [5.41, 5.74) is 2.19. The molecule has 0 saturated carbocycles.